The van der Waals surface area contributed by atoms with E-state index in [0.29, 0.717) is 11.1 Å². The Hall–Kier alpha value is -3.93. The van der Waals surface area contributed by atoms with Crippen molar-refractivity contribution in [1.29, 1.82) is 0 Å². The highest BCUT2D eigenvalue weighted by atomic mass is 19.4. The number of fused-ring (bicyclic) bond motifs is 1. The lowest BCUT2D eigenvalue weighted by atomic mass is 9.95. The van der Waals surface area contributed by atoms with Crippen LogP contribution in [0.3, 0.4) is 0 Å². The third kappa shape index (κ3) is 5.11. The molecule has 0 unspecified atom stereocenters. The molecular weight excluding hydrogens is 465 g/mol. The maximum Gasteiger partial charge on any atom is 0.573 e. The summed E-state index contributed by atoms with van der Waals surface area (Å²) in [7, 11) is 0. The highest BCUT2D eigenvalue weighted by molar-refractivity contribution is 6.04. The Bertz CT molecular complexity index is 1370. The van der Waals surface area contributed by atoms with Crippen LogP contribution in [0, 0.1) is 6.92 Å². The first-order chi connectivity index (χ1) is 16.7. The molecule has 5 rings (SSSR count). The predicted octanol–water partition coefficient (Wildman–Crippen LogP) is 4.31. The lowest BCUT2D eigenvalue weighted by Crippen LogP contribution is -2.26. The van der Waals surface area contributed by atoms with Gasteiger partial charge in [-0.05, 0) is 57.1 Å². The van der Waals surface area contributed by atoms with Crippen LogP contribution in [-0.4, -0.2) is 44.9 Å². The molecule has 1 saturated heterocycles. The van der Waals surface area contributed by atoms with E-state index in [4.69, 9.17) is 4.42 Å². The third-order valence-corrected chi connectivity index (χ3v) is 5.69. The van der Waals surface area contributed by atoms with Crippen LogP contribution in [0.25, 0.3) is 17.0 Å². The van der Waals surface area contributed by atoms with Gasteiger partial charge in [-0.25, -0.2) is 9.50 Å². The highest BCUT2D eigenvalue weighted by Gasteiger charge is 2.33. The monoisotopic (exact) mass is 486 g/mol. The van der Waals surface area contributed by atoms with Crippen LogP contribution in [0.5, 0.6) is 5.75 Å². The number of anilines is 1. The number of piperidine rings is 1. The van der Waals surface area contributed by atoms with Crippen molar-refractivity contribution in [1.82, 2.24) is 24.9 Å². The summed E-state index contributed by atoms with van der Waals surface area (Å²) < 4.78 is 50.2. The second-order valence-corrected chi connectivity index (χ2v) is 8.24. The predicted molar refractivity (Wildman–Crippen MR) is 119 cm³/mol. The zero-order valence-corrected chi connectivity index (χ0v) is 18.6. The molecule has 35 heavy (non-hydrogen) atoms. The fourth-order valence-corrected chi connectivity index (χ4v) is 4.04. The van der Waals surface area contributed by atoms with Gasteiger partial charge in [-0.15, -0.1) is 13.2 Å². The molecule has 0 spiro atoms. The van der Waals surface area contributed by atoms with Crippen LogP contribution in [0.15, 0.2) is 47.3 Å². The summed E-state index contributed by atoms with van der Waals surface area (Å²) in [5, 5.41) is 10.2. The molecule has 5 heterocycles. The summed E-state index contributed by atoms with van der Waals surface area (Å²) in [6.45, 7) is 3.49. The van der Waals surface area contributed by atoms with Crippen LogP contribution in [0.2, 0.25) is 0 Å². The minimum absolute atomic E-state index is 0.101. The van der Waals surface area contributed by atoms with Crippen LogP contribution in [-0.2, 0) is 0 Å². The number of ether oxygens (including phenoxy) is 1. The maximum atomic E-state index is 13.1. The number of pyridine rings is 2. The Labute approximate surface area is 197 Å². The molecular formula is C23H21F3N6O3. The van der Waals surface area contributed by atoms with Crippen LogP contribution in [0.1, 0.15) is 40.6 Å². The van der Waals surface area contributed by atoms with Gasteiger partial charge in [-0.1, -0.05) is 0 Å². The number of hydrogen-bond donors (Lipinski definition) is 2. The second kappa shape index (κ2) is 9.02. The summed E-state index contributed by atoms with van der Waals surface area (Å²) in [6.07, 6.45) is 0.622. The van der Waals surface area contributed by atoms with E-state index in [1.807, 2.05) is 6.07 Å². The third-order valence-electron chi connectivity index (χ3n) is 5.69. The van der Waals surface area contributed by atoms with Gasteiger partial charge in [0.25, 0.3) is 5.91 Å². The van der Waals surface area contributed by atoms with E-state index in [-0.39, 0.29) is 23.2 Å². The summed E-state index contributed by atoms with van der Waals surface area (Å²) >= 11 is 0. The average molecular weight is 486 g/mol. The second-order valence-electron chi connectivity index (χ2n) is 8.24. The number of carbonyl (C=O) groups excluding carboxylic acids is 1. The minimum atomic E-state index is -4.96. The molecule has 9 nitrogen and oxygen atoms in total. The van der Waals surface area contributed by atoms with Gasteiger partial charge in [0.1, 0.15) is 6.26 Å². The molecule has 0 aliphatic carbocycles. The van der Waals surface area contributed by atoms with Gasteiger partial charge in [0.05, 0.1) is 23.1 Å². The number of nitrogens with one attached hydrogen (secondary N) is 2. The number of oxazole rings is 1. The van der Waals surface area contributed by atoms with Crippen molar-refractivity contribution in [2.24, 2.45) is 0 Å². The Kier molecular flexibility index (Phi) is 5.89. The molecule has 1 aliphatic rings. The highest BCUT2D eigenvalue weighted by Crippen LogP contribution is 2.33. The first-order valence-corrected chi connectivity index (χ1v) is 10.9. The Morgan fingerprint density at radius 1 is 1.26 bits per heavy atom. The van der Waals surface area contributed by atoms with Gasteiger partial charge in [0.2, 0.25) is 5.89 Å². The molecule has 4 aromatic heterocycles. The molecule has 0 atom stereocenters. The first-order valence-electron chi connectivity index (χ1n) is 10.9. The standard InChI is InChI=1S/C23H21F3N6O3/c1-13-8-15(4-7-28-13)22-30-19(12-34-22)21(33)29-18-10-16-9-17(14-2-5-27-6-3-14)31-32(16)11-20(18)35-23(24,25)26/h4,7-12,14,27H,2-3,5-6H2,1H3,(H,29,33). The van der Waals surface area contributed by atoms with Crippen molar-refractivity contribution in [3.8, 4) is 17.2 Å². The molecule has 0 radical (unpaired) electrons. The van der Waals surface area contributed by atoms with Crippen LogP contribution in [0.4, 0.5) is 18.9 Å². The van der Waals surface area contributed by atoms with Crippen molar-refractivity contribution < 1.29 is 27.1 Å². The zero-order chi connectivity index (χ0) is 24.6. The van der Waals surface area contributed by atoms with Gasteiger partial charge in [0.15, 0.2) is 11.4 Å². The van der Waals surface area contributed by atoms with Crippen LogP contribution < -0.4 is 15.4 Å². The van der Waals surface area contributed by atoms with E-state index in [1.54, 1.807) is 25.3 Å². The summed E-state index contributed by atoms with van der Waals surface area (Å²) in [5.41, 5.74) is 2.39. The van der Waals surface area contributed by atoms with E-state index in [9.17, 15) is 18.0 Å². The fourth-order valence-electron chi connectivity index (χ4n) is 4.04. The smallest absolute Gasteiger partial charge is 0.444 e. The van der Waals surface area contributed by atoms with Crippen molar-refractivity contribution in [2.45, 2.75) is 32.0 Å². The number of aromatic nitrogens is 4. The lowest BCUT2D eigenvalue weighted by molar-refractivity contribution is -0.274. The average Bonchev–Trinajstić information content (AvgIpc) is 3.46. The lowest BCUT2D eigenvalue weighted by Gasteiger charge is -2.20. The number of nitrogens with zero attached hydrogens (tertiary/aromatic N) is 4. The van der Waals surface area contributed by atoms with Crippen molar-refractivity contribution >= 4 is 17.1 Å². The van der Waals surface area contributed by atoms with Crippen molar-refractivity contribution in [3.63, 3.8) is 0 Å². The summed E-state index contributed by atoms with van der Waals surface area (Å²) in [4.78, 5) is 21.1. The Balaban J connectivity index is 1.44. The number of halogens is 3. The fraction of sp³-hybridized carbons (Fsp3) is 0.304. The van der Waals surface area contributed by atoms with Gasteiger partial charge in [0, 0.05) is 23.4 Å². The number of carbonyl (C=O) groups is 1. The number of hydrogen-bond acceptors (Lipinski definition) is 7. The molecule has 0 saturated carbocycles. The number of amides is 1. The molecule has 0 bridgehead atoms. The van der Waals surface area contributed by atoms with Gasteiger partial charge >= 0.3 is 6.36 Å². The first kappa shape index (κ1) is 22.8. The van der Waals surface area contributed by atoms with Gasteiger partial charge in [-0.3, -0.25) is 9.78 Å². The Morgan fingerprint density at radius 2 is 2.06 bits per heavy atom. The molecule has 1 amide bonds. The zero-order valence-electron chi connectivity index (χ0n) is 18.6. The minimum Gasteiger partial charge on any atom is -0.444 e. The van der Waals surface area contributed by atoms with E-state index in [0.717, 1.165) is 49.8 Å². The van der Waals surface area contributed by atoms with E-state index >= 15 is 0 Å². The van der Waals surface area contributed by atoms with Crippen molar-refractivity contribution in [2.75, 3.05) is 18.4 Å². The summed E-state index contributed by atoms with van der Waals surface area (Å²) in [5.74, 6) is -0.955. The largest absolute Gasteiger partial charge is 0.573 e. The Morgan fingerprint density at radius 3 is 2.80 bits per heavy atom. The van der Waals surface area contributed by atoms with E-state index in [1.165, 1.54) is 10.6 Å². The maximum absolute atomic E-state index is 13.1. The quantitative estimate of drug-likeness (QED) is 0.433. The van der Waals surface area contributed by atoms with Gasteiger partial charge < -0.3 is 19.8 Å². The molecule has 1 aliphatic heterocycles. The topological polar surface area (TPSA) is 107 Å². The van der Waals surface area contributed by atoms with Crippen molar-refractivity contribution in [3.05, 3.63) is 60.0 Å². The van der Waals surface area contributed by atoms with E-state index in [2.05, 4.69) is 30.4 Å². The SMILES string of the molecule is Cc1cc(-c2nc(C(=O)Nc3cc4cc(C5CCNCC5)nn4cc3OC(F)(F)F)co2)ccn1. The molecule has 182 valence electrons. The number of aryl methyl sites for hydroxylation is 1. The normalized spacial score (nSPS) is 14.9. The van der Waals surface area contributed by atoms with Gasteiger partial charge in [-0.2, -0.15) is 5.10 Å². The summed E-state index contributed by atoms with van der Waals surface area (Å²) in [6, 6.07) is 6.60. The van der Waals surface area contributed by atoms with E-state index < -0.39 is 18.0 Å². The van der Waals surface area contributed by atoms with Crippen LogP contribution >= 0.6 is 0 Å². The molecule has 4 aromatic rings. The number of rotatable bonds is 5. The molecule has 1 fully saturated rings. The molecule has 2 N–H and O–H groups in total. The molecule has 12 heteroatoms. The molecule has 0 aromatic carbocycles. The number of alkyl halides is 3.